The molecule has 5 rings (SSSR count). The van der Waals surface area contributed by atoms with E-state index in [0.29, 0.717) is 12.4 Å². The second-order valence-corrected chi connectivity index (χ2v) is 9.36. The van der Waals surface area contributed by atoms with E-state index in [1.807, 2.05) is 45.0 Å². The smallest absolute Gasteiger partial charge is 0.252 e. The highest BCUT2D eigenvalue weighted by Gasteiger charge is 2.43. The van der Waals surface area contributed by atoms with Gasteiger partial charge in [0.15, 0.2) is 5.78 Å². The van der Waals surface area contributed by atoms with Gasteiger partial charge in [0.2, 0.25) is 0 Å². The van der Waals surface area contributed by atoms with Crippen LogP contribution in [-0.2, 0) is 4.79 Å². The van der Waals surface area contributed by atoms with Crippen LogP contribution in [0.2, 0.25) is 0 Å². The van der Waals surface area contributed by atoms with E-state index < -0.39 is 0 Å². The summed E-state index contributed by atoms with van der Waals surface area (Å²) in [5.41, 5.74) is 6.09. The zero-order valence-electron chi connectivity index (χ0n) is 18.5. The van der Waals surface area contributed by atoms with Crippen LogP contribution in [0.5, 0.6) is 0 Å². The Labute approximate surface area is 181 Å². The van der Waals surface area contributed by atoms with Gasteiger partial charge < -0.3 is 5.32 Å². The van der Waals surface area contributed by atoms with Crippen LogP contribution in [0.3, 0.4) is 0 Å². The summed E-state index contributed by atoms with van der Waals surface area (Å²) < 4.78 is 1.77. The number of pyridine rings is 1. The lowest BCUT2D eigenvalue weighted by molar-refractivity contribution is -0.118. The molecule has 1 aliphatic carbocycles. The minimum Gasteiger partial charge on any atom is -0.343 e. The van der Waals surface area contributed by atoms with Crippen molar-refractivity contribution in [3.8, 4) is 5.95 Å². The molecule has 1 N–H and O–H groups in total. The molecule has 3 aromatic rings. The molecule has 0 amide bonds. The highest BCUT2D eigenvalue weighted by molar-refractivity contribution is 6.01. The van der Waals surface area contributed by atoms with E-state index in [-0.39, 0.29) is 17.1 Å². The van der Waals surface area contributed by atoms with Crippen molar-refractivity contribution in [3.63, 3.8) is 0 Å². The van der Waals surface area contributed by atoms with Crippen molar-refractivity contribution >= 4 is 11.6 Å². The van der Waals surface area contributed by atoms with E-state index in [1.165, 1.54) is 0 Å². The van der Waals surface area contributed by atoms with Gasteiger partial charge >= 0.3 is 0 Å². The molecule has 7 heteroatoms. The number of nitrogens with zero attached hydrogens (tertiary/aromatic N) is 5. The van der Waals surface area contributed by atoms with Gasteiger partial charge in [0.25, 0.3) is 5.95 Å². The predicted octanol–water partition coefficient (Wildman–Crippen LogP) is 4.18. The van der Waals surface area contributed by atoms with Crippen LogP contribution in [-0.4, -0.2) is 30.5 Å². The first-order chi connectivity index (χ1) is 14.7. The van der Waals surface area contributed by atoms with E-state index >= 15 is 0 Å². The summed E-state index contributed by atoms with van der Waals surface area (Å²) in [4.78, 5) is 27.2. The molecule has 0 fully saturated rings. The number of ketones is 1. The Bertz CT molecular complexity index is 1220. The Balaban J connectivity index is 1.76. The molecule has 0 spiro atoms. The maximum atomic E-state index is 13.3. The molecule has 2 aliphatic rings. The molecule has 1 atom stereocenters. The van der Waals surface area contributed by atoms with Crippen molar-refractivity contribution in [3.05, 3.63) is 70.1 Å². The van der Waals surface area contributed by atoms with Gasteiger partial charge in [-0.15, -0.1) is 0 Å². The zero-order valence-corrected chi connectivity index (χ0v) is 18.5. The SMILES string of the molecule is Cc1cc(C)nc(-n2nc(C)c3c2NC2=C(C(=O)CC(C)(C)C2)[C@H]3c2ccccn2)n1. The molecule has 1 aliphatic heterocycles. The molecule has 0 saturated carbocycles. The number of carbonyl (C=O) groups excluding carboxylic acids is 1. The quantitative estimate of drug-likeness (QED) is 0.677. The summed E-state index contributed by atoms with van der Waals surface area (Å²) in [6, 6.07) is 7.79. The van der Waals surface area contributed by atoms with Gasteiger partial charge in [-0.1, -0.05) is 19.9 Å². The third kappa shape index (κ3) is 3.24. The molecule has 0 saturated heterocycles. The number of nitrogens with one attached hydrogen (secondary N) is 1. The monoisotopic (exact) mass is 414 g/mol. The van der Waals surface area contributed by atoms with Gasteiger partial charge in [0, 0.05) is 40.8 Å². The molecule has 158 valence electrons. The van der Waals surface area contributed by atoms with Gasteiger partial charge in [0.05, 0.1) is 17.3 Å². The Hall–Kier alpha value is -3.35. The summed E-state index contributed by atoms with van der Waals surface area (Å²) in [7, 11) is 0. The topological polar surface area (TPSA) is 85.6 Å². The fraction of sp³-hybridized carbons (Fsp3) is 0.375. The first-order valence-electron chi connectivity index (χ1n) is 10.6. The molecule has 3 aromatic heterocycles. The van der Waals surface area contributed by atoms with Gasteiger partial charge in [-0.3, -0.25) is 9.78 Å². The number of Topliss-reactive ketones (excluding diaryl/α,β-unsaturated/α-hetero) is 1. The van der Waals surface area contributed by atoms with Gasteiger partial charge in [-0.25, -0.2) is 9.97 Å². The third-order valence-corrected chi connectivity index (χ3v) is 6.02. The number of hydrogen-bond donors (Lipinski definition) is 1. The zero-order chi connectivity index (χ0) is 21.9. The number of allylic oxidation sites excluding steroid dienone is 2. The second-order valence-electron chi connectivity index (χ2n) is 9.36. The summed E-state index contributed by atoms with van der Waals surface area (Å²) in [6.07, 6.45) is 3.09. The third-order valence-electron chi connectivity index (χ3n) is 6.02. The van der Waals surface area contributed by atoms with E-state index in [9.17, 15) is 4.79 Å². The van der Waals surface area contributed by atoms with Crippen LogP contribution in [0.4, 0.5) is 5.82 Å². The minimum absolute atomic E-state index is 0.106. The van der Waals surface area contributed by atoms with Crippen molar-refractivity contribution < 1.29 is 4.79 Å². The maximum Gasteiger partial charge on any atom is 0.252 e. The minimum atomic E-state index is -0.254. The number of aryl methyl sites for hydroxylation is 3. The van der Waals surface area contributed by atoms with Crippen LogP contribution in [0.25, 0.3) is 5.95 Å². The Morgan fingerprint density at radius 2 is 1.84 bits per heavy atom. The molecular formula is C24H26N6O. The van der Waals surface area contributed by atoms with E-state index in [1.54, 1.807) is 10.9 Å². The van der Waals surface area contributed by atoms with Crippen molar-refractivity contribution in [2.75, 3.05) is 5.32 Å². The number of aromatic nitrogens is 5. The molecule has 0 aromatic carbocycles. The highest BCUT2D eigenvalue weighted by atomic mass is 16.1. The Morgan fingerprint density at radius 1 is 1.10 bits per heavy atom. The van der Waals surface area contributed by atoms with Crippen LogP contribution in [0.15, 0.2) is 41.7 Å². The van der Waals surface area contributed by atoms with Crippen molar-refractivity contribution in [2.45, 2.75) is 53.4 Å². The summed E-state index contributed by atoms with van der Waals surface area (Å²) in [5.74, 6) is 1.27. The average Bonchev–Trinajstić information content (AvgIpc) is 3.01. The number of rotatable bonds is 2. The van der Waals surface area contributed by atoms with Crippen molar-refractivity contribution in [1.29, 1.82) is 0 Å². The van der Waals surface area contributed by atoms with Crippen LogP contribution < -0.4 is 5.32 Å². The number of fused-ring (bicyclic) bond motifs is 1. The summed E-state index contributed by atoms with van der Waals surface area (Å²) in [5, 5.41) is 8.37. The van der Waals surface area contributed by atoms with Gasteiger partial charge in [-0.05, 0) is 50.8 Å². The van der Waals surface area contributed by atoms with E-state index in [0.717, 1.165) is 51.8 Å². The number of carbonyl (C=O) groups is 1. The molecule has 31 heavy (non-hydrogen) atoms. The summed E-state index contributed by atoms with van der Waals surface area (Å²) in [6.45, 7) is 10.1. The van der Waals surface area contributed by atoms with E-state index in [4.69, 9.17) is 5.10 Å². The highest BCUT2D eigenvalue weighted by Crippen LogP contribution is 2.49. The lowest BCUT2D eigenvalue weighted by Gasteiger charge is -2.38. The molecule has 7 nitrogen and oxygen atoms in total. The van der Waals surface area contributed by atoms with Crippen molar-refractivity contribution in [2.24, 2.45) is 5.41 Å². The molecule has 4 heterocycles. The molecule has 0 unspecified atom stereocenters. The number of anilines is 1. The number of hydrogen-bond acceptors (Lipinski definition) is 6. The molecule has 0 bridgehead atoms. The Morgan fingerprint density at radius 3 is 2.52 bits per heavy atom. The van der Waals surface area contributed by atoms with Gasteiger partial charge in [-0.2, -0.15) is 9.78 Å². The molecule has 0 radical (unpaired) electrons. The maximum absolute atomic E-state index is 13.3. The lowest BCUT2D eigenvalue weighted by Crippen LogP contribution is -2.34. The molecular weight excluding hydrogens is 388 g/mol. The second kappa shape index (κ2) is 6.83. The first kappa shape index (κ1) is 19.6. The van der Waals surface area contributed by atoms with Gasteiger partial charge in [0.1, 0.15) is 5.82 Å². The summed E-state index contributed by atoms with van der Waals surface area (Å²) >= 11 is 0. The lowest BCUT2D eigenvalue weighted by atomic mass is 9.70. The standard InChI is InChI=1S/C24H26N6O/c1-13-10-14(2)27-23(26-13)30-22-19(15(3)29-30)21(16-8-6-7-9-25-16)20-17(28-22)11-24(4,5)12-18(20)31/h6-10,21,28H,11-12H2,1-5H3/t21-/m0/s1. The largest absolute Gasteiger partial charge is 0.343 e. The fourth-order valence-electron chi connectivity index (χ4n) is 4.86. The normalized spacial score (nSPS) is 19.6. The Kier molecular flexibility index (Phi) is 4.32. The fourth-order valence-corrected chi connectivity index (χ4v) is 4.86. The van der Waals surface area contributed by atoms with Crippen LogP contribution in [0, 0.1) is 26.2 Å². The van der Waals surface area contributed by atoms with Crippen LogP contribution in [0.1, 0.15) is 60.9 Å². The van der Waals surface area contributed by atoms with E-state index in [2.05, 4.69) is 34.1 Å². The first-order valence-corrected chi connectivity index (χ1v) is 10.6. The predicted molar refractivity (Wildman–Crippen MR) is 118 cm³/mol. The van der Waals surface area contributed by atoms with Crippen LogP contribution >= 0.6 is 0 Å². The average molecular weight is 415 g/mol. The van der Waals surface area contributed by atoms with Crippen molar-refractivity contribution in [1.82, 2.24) is 24.7 Å².